The highest BCUT2D eigenvalue weighted by Crippen LogP contribution is 2.17. The Bertz CT molecular complexity index is 431. The Morgan fingerprint density at radius 2 is 2.06 bits per heavy atom. The minimum Gasteiger partial charge on any atom is -0.481 e. The van der Waals surface area contributed by atoms with Crippen molar-refractivity contribution in [2.45, 2.75) is 13.8 Å². The zero-order valence-corrected chi connectivity index (χ0v) is 11.1. The Morgan fingerprint density at radius 3 is 2.56 bits per heavy atom. The van der Waals surface area contributed by atoms with E-state index < -0.39 is 17.8 Å². The molecule has 0 heterocycles. The first-order chi connectivity index (χ1) is 7.41. The predicted molar refractivity (Wildman–Crippen MR) is 69.3 cm³/mol. The summed E-state index contributed by atoms with van der Waals surface area (Å²) in [5, 5.41) is 11.2. The molecule has 0 saturated heterocycles. The number of carboxylic acids is 1. The minimum absolute atomic E-state index is 0.507. The Labute approximate surface area is 107 Å². The van der Waals surface area contributed by atoms with Crippen LogP contribution in [0.25, 0.3) is 0 Å². The van der Waals surface area contributed by atoms with Crippen molar-refractivity contribution in [3.05, 3.63) is 27.3 Å². The fourth-order valence-corrected chi connectivity index (χ4v) is 1.55. The van der Waals surface area contributed by atoms with Crippen molar-refractivity contribution in [2.75, 3.05) is 5.32 Å². The van der Waals surface area contributed by atoms with Gasteiger partial charge in [0.25, 0.3) is 0 Å². The molecule has 0 aliphatic rings. The Hall–Kier alpha value is -1.11. The second-order valence-corrected chi connectivity index (χ2v) is 4.68. The van der Waals surface area contributed by atoms with Crippen molar-refractivity contribution >= 4 is 40.2 Å². The monoisotopic (exact) mass is 333 g/mol. The number of carbonyl (C=O) groups excluding carboxylic acids is 1. The van der Waals surface area contributed by atoms with Crippen molar-refractivity contribution in [2.24, 2.45) is 5.92 Å². The van der Waals surface area contributed by atoms with Crippen LogP contribution in [0.1, 0.15) is 12.5 Å². The number of carbonyl (C=O) groups is 2. The summed E-state index contributed by atoms with van der Waals surface area (Å²) in [6.07, 6.45) is 0. The molecule has 86 valence electrons. The number of hydrogen-bond acceptors (Lipinski definition) is 2. The molecular formula is C11H12INO3. The summed E-state index contributed by atoms with van der Waals surface area (Å²) in [6.45, 7) is 3.32. The third kappa shape index (κ3) is 3.19. The zero-order valence-electron chi connectivity index (χ0n) is 8.95. The van der Waals surface area contributed by atoms with Crippen LogP contribution in [0.4, 0.5) is 5.69 Å². The topological polar surface area (TPSA) is 66.4 Å². The molecular weight excluding hydrogens is 321 g/mol. The van der Waals surface area contributed by atoms with E-state index in [0.29, 0.717) is 5.69 Å². The molecule has 1 rings (SSSR count). The first-order valence-electron chi connectivity index (χ1n) is 4.71. The van der Waals surface area contributed by atoms with Gasteiger partial charge in [0.15, 0.2) is 0 Å². The van der Waals surface area contributed by atoms with Crippen LogP contribution in [0.2, 0.25) is 0 Å². The van der Waals surface area contributed by atoms with Gasteiger partial charge in [-0.05, 0) is 54.1 Å². The van der Waals surface area contributed by atoms with E-state index in [9.17, 15) is 9.59 Å². The minimum atomic E-state index is -1.13. The number of carboxylic acid groups (broad SMARTS) is 1. The van der Waals surface area contributed by atoms with E-state index in [1.165, 1.54) is 6.92 Å². The Balaban J connectivity index is 2.77. The quantitative estimate of drug-likeness (QED) is 0.659. The summed E-state index contributed by atoms with van der Waals surface area (Å²) in [4.78, 5) is 22.0. The predicted octanol–water partition coefficient (Wildman–Crippen LogP) is 2.26. The molecule has 1 unspecified atom stereocenters. The molecule has 0 aliphatic heterocycles. The molecule has 1 aromatic carbocycles. The van der Waals surface area contributed by atoms with Crippen LogP contribution in [-0.4, -0.2) is 17.0 Å². The van der Waals surface area contributed by atoms with Gasteiger partial charge in [0, 0.05) is 9.26 Å². The highest BCUT2D eigenvalue weighted by molar-refractivity contribution is 14.1. The number of anilines is 1. The van der Waals surface area contributed by atoms with Crippen molar-refractivity contribution < 1.29 is 14.7 Å². The molecule has 4 nitrogen and oxygen atoms in total. The van der Waals surface area contributed by atoms with Crippen molar-refractivity contribution in [1.82, 2.24) is 0 Å². The summed E-state index contributed by atoms with van der Waals surface area (Å²) in [5.74, 6) is -2.68. The van der Waals surface area contributed by atoms with Crippen LogP contribution in [-0.2, 0) is 9.59 Å². The maximum atomic E-state index is 11.5. The molecule has 0 fully saturated rings. The summed E-state index contributed by atoms with van der Waals surface area (Å²) in [6, 6.07) is 5.44. The van der Waals surface area contributed by atoms with Crippen LogP contribution in [0, 0.1) is 16.4 Å². The van der Waals surface area contributed by atoms with Gasteiger partial charge >= 0.3 is 5.97 Å². The lowest BCUT2D eigenvalue weighted by atomic mass is 10.1. The number of rotatable bonds is 3. The number of amides is 1. The summed E-state index contributed by atoms with van der Waals surface area (Å²) >= 11 is 2.16. The zero-order chi connectivity index (χ0) is 12.3. The van der Waals surface area contributed by atoms with E-state index in [2.05, 4.69) is 27.9 Å². The molecule has 0 radical (unpaired) electrons. The molecule has 0 saturated carbocycles. The number of aliphatic carboxylic acids is 1. The average Bonchev–Trinajstić information content (AvgIpc) is 2.22. The van der Waals surface area contributed by atoms with Gasteiger partial charge in [-0.3, -0.25) is 9.59 Å². The van der Waals surface area contributed by atoms with Gasteiger partial charge in [-0.2, -0.15) is 0 Å². The van der Waals surface area contributed by atoms with Crippen LogP contribution in [0.15, 0.2) is 18.2 Å². The van der Waals surface area contributed by atoms with Crippen molar-refractivity contribution in [1.29, 1.82) is 0 Å². The van der Waals surface area contributed by atoms with Gasteiger partial charge in [-0.15, -0.1) is 0 Å². The van der Waals surface area contributed by atoms with Gasteiger partial charge in [0.1, 0.15) is 5.92 Å². The van der Waals surface area contributed by atoms with Gasteiger partial charge in [-0.1, -0.05) is 6.07 Å². The number of nitrogens with one attached hydrogen (secondary N) is 1. The van der Waals surface area contributed by atoms with Gasteiger partial charge in [0.05, 0.1) is 0 Å². The molecule has 1 atom stereocenters. The lowest BCUT2D eigenvalue weighted by molar-refractivity contribution is -0.144. The summed E-state index contributed by atoms with van der Waals surface area (Å²) in [5.41, 5.74) is 1.73. The Kier molecular flexibility index (Phi) is 4.28. The molecule has 0 spiro atoms. The maximum absolute atomic E-state index is 11.5. The number of aryl methyl sites for hydroxylation is 1. The van der Waals surface area contributed by atoms with E-state index in [1.807, 2.05) is 19.1 Å². The van der Waals surface area contributed by atoms with Crippen molar-refractivity contribution in [3.8, 4) is 0 Å². The maximum Gasteiger partial charge on any atom is 0.315 e. The number of benzene rings is 1. The second kappa shape index (κ2) is 5.29. The number of halogens is 1. The van der Waals surface area contributed by atoms with Crippen LogP contribution >= 0.6 is 22.6 Å². The van der Waals surface area contributed by atoms with Gasteiger partial charge in [-0.25, -0.2) is 0 Å². The molecule has 1 amide bonds. The van der Waals surface area contributed by atoms with Crippen LogP contribution in [0.3, 0.4) is 0 Å². The first-order valence-corrected chi connectivity index (χ1v) is 5.79. The fourth-order valence-electron chi connectivity index (χ4n) is 1.03. The molecule has 0 aromatic heterocycles. The highest BCUT2D eigenvalue weighted by atomic mass is 127. The third-order valence-corrected chi connectivity index (χ3v) is 3.37. The molecule has 0 aliphatic carbocycles. The van der Waals surface area contributed by atoms with E-state index in [1.54, 1.807) is 6.07 Å². The fraction of sp³-hybridized carbons (Fsp3) is 0.273. The van der Waals surface area contributed by atoms with E-state index in [4.69, 9.17) is 5.11 Å². The second-order valence-electron chi connectivity index (χ2n) is 3.51. The van der Waals surface area contributed by atoms with Gasteiger partial charge in [0.2, 0.25) is 5.91 Å². The largest absolute Gasteiger partial charge is 0.481 e. The Morgan fingerprint density at radius 1 is 1.44 bits per heavy atom. The SMILES string of the molecule is Cc1ccc(NC(=O)C(C)C(=O)O)cc1I. The molecule has 1 aromatic rings. The summed E-state index contributed by atoms with van der Waals surface area (Å²) in [7, 11) is 0. The number of hydrogen-bond donors (Lipinski definition) is 2. The average molecular weight is 333 g/mol. The molecule has 5 heteroatoms. The lowest BCUT2D eigenvalue weighted by Crippen LogP contribution is -2.26. The lowest BCUT2D eigenvalue weighted by Gasteiger charge is -2.09. The third-order valence-electron chi connectivity index (χ3n) is 2.20. The highest BCUT2D eigenvalue weighted by Gasteiger charge is 2.20. The normalized spacial score (nSPS) is 11.9. The molecule has 2 N–H and O–H groups in total. The molecule has 0 bridgehead atoms. The van der Waals surface area contributed by atoms with Crippen molar-refractivity contribution in [3.63, 3.8) is 0 Å². The smallest absolute Gasteiger partial charge is 0.315 e. The van der Waals surface area contributed by atoms with E-state index >= 15 is 0 Å². The van der Waals surface area contributed by atoms with Crippen LogP contribution < -0.4 is 5.32 Å². The van der Waals surface area contributed by atoms with E-state index in [0.717, 1.165) is 9.13 Å². The van der Waals surface area contributed by atoms with E-state index in [-0.39, 0.29) is 0 Å². The van der Waals surface area contributed by atoms with Gasteiger partial charge < -0.3 is 10.4 Å². The van der Waals surface area contributed by atoms with Crippen LogP contribution in [0.5, 0.6) is 0 Å². The first kappa shape index (κ1) is 13.0. The molecule has 16 heavy (non-hydrogen) atoms. The summed E-state index contributed by atoms with van der Waals surface area (Å²) < 4.78 is 1.03. The standard InChI is InChI=1S/C11H12INO3/c1-6-3-4-8(5-9(6)12)13-10(14)7(2)11(15)16/h3-5,7H,1-2H3,(H,13,14)(H,15,16).